The van der Waals surface area contributed by atoms with Crippen LogP contribution in [0.15, 0.2) is 18.3 Å². The molecule has 0 saturated carbocycles. The van der Waals surface area contributed by atoms with Gasteiger partial charge in [0.1, 0.15) is 0 Å². The molecule has 1 N–H and O–H groups in total. The molecule has 2 nitrogen and oxygen atoms in total. The summed E-state index contributed by atoms with van der Waals surface area (Å²) in [7, 11) is 0. The van der Waals surface area contributed by atoms with E-state index in [2.05, 4.69) is 50.1 Å². The van der Waals surface area contributed by atoms with Gasteiger partial charge in [0.25, 0.3) is 0 Å². The van der Waals surface area contributed by atoms with Crippen molar-refractivity contribution >= 4 is 0 Å². The number of nitrogens with one attached hydrogen (secondary N) is 1. The molecular weight excluding hydrogens is 208 g/mol. The zero-order valence-corrected chi connectivity index (χ0v) is 11.7. The Morgan fingerprint density at radius 1 is 1.29 bits per heavy atom. The largest absolute Gasteiger partial charge is 0.310 e. The zero-order chi connectivity index (χ0) is 12.7. The van der Waals surface area contributed by atoms with Crippen molar-refractivity contribution in [1.82, 2.24) is 10.3 Å². The minimum absolute atomic E-state index is 0.485. The van der Waals surface area contributed by atoms with E-state index in [9.17, 15) is 0 Å². The normalized spacial score (nSPS) is 13.0. The van der Waals surface area contributed by atoms with Crippen molar-refractivity contribution in [1.29, 1.82) is 0 Å². The zero-order valence-electron chi connectivity index (χ0n) is 11.7. The number of hydrogen-bond acceptors (Lipinski definition) is 2. The Bertz CT molecular complexity index is 320. The molecule has 1 aromatic heterocycles. The molecule has 1 rings (SSSR count). The molecule has 1 atom stereocenters. The molecule has 17 heavy (non-hydrogen) atoms. The first-order chi connectivity index (χ1) is 8.13. The van der Waals surface area contributed by atoms with Crippen LogP contribution in [0, 0.1) is 12.8 Å². The fourth-order valence-electron chi connectivity index (χ4n) is 1.99. The van der Waals surface area contributed by atoms with E-state index in [0.29, 0.717) is 6.04 Å². The van der Waals surface area contributed by atoms with Crippen molar-refractivity contribution in [3.05, 3.63) is 29.6 Å². The summed E-state index contributed by atoms with van der Waals surface area (Å²) in [6.07, 6.45) is 5.58. The summed E-state index contributed by atoms with van der Waals surface area (Å²) in [6, 6.07) is 4.83. The van der Waals surface area contributed by atoms with Crippen molar-refractivity contribution in [2.24, 2.45) is 5.92 Å². The first kappa shape index (κ1) is 14.2. The van der Waals surface area contributed by atoms with Gasteiger partial charge in [-0.15, -0.1) is 0 Å². The molecule has 0 aliphatic heterocycles. The van der Waals surface area contributed by atoms with Crippen LogP contribution in [0.5, 0.6) is 0 Å². The molecule has 1 heterocycles. The third-order valence-electron chi connectivity index (χ3n) is 3.00. The summed E-state index contributed by atoms with van der Waals surface area (Å²) in [6.45, 7) is 9.93. The lowest BCUT2D eigenvalue weighted by Crippen LogP contribution is -2.22. The Hall–Kier alpha value is -0.890. The second kappa shape index (κ2) is 7.44. The maximum absolute atomic E-state index is 4.27. The first-order valence-corrected chi connectivity index (χ1v) is 6.79. The molecule has 1 aromatic rings. The Labute approximate surface area is 106 Å². The maximum Gasteiger partial charge on any atom is 0.0375 e. The van der Waals surface area contributed by atoms with Crippen LogP contribution in [0.25, 0.3) is 0 Å². The number of rotatable bonds is 7. The van der Waals surface area contributed by atoms with Gasteiger partial charge in [-0.2, -0.15) is 0 Å². The Morgan fingerprint density at radius 2 is 2.06 bits per heavy atom. The molecule has 0 aromatic carbocycles. The summed E-state index contributed by atoms with van der Waals surface area (Å²) in [4.78, 5) is 4.27. The average molecular weight is 234 g/mol. The van der Waals surface area contributed by atoms with E-state index in [0.717, 1.165) is 18.2 Å². The van der Waals surface area contributed by atoms with E-state index in [1.165, 1.54) is 24.8 Å². The lowest BCUT2D eigenvalue weighted by Gasteiger charge is -2.20. The standard InChI is InChI=1S/C15H26N2/c1-5-9-17-15(7-6-12(2)3)14-8-10-16-13(4)11-14/h8,10-12,15,17H,5-7,9H2,1-4H3. The summed E-state index contributed by atoms with van der Waals surface area (Å²) in [5.74, 6) is 0.767. The average Bonchev–Trinajstić information content (AvgIpc) is 2.29. The number of nitrogens with zero attached hydrogens (tertiary/aromatic N) is 1. The monoisotopic (exact) mass is 234 g/mol. The Kier molecular flexibility index (Phi) is 6.20. The highest BCUT2D eigenvalue weighted by Crippen LogP contribution is 2.21. The van der Waals surface area contributed by atoms with Crippen LogP contribution in [0.1, 0.15) is 57.3 Å². The van der Waals surface area contributed by atoms with Gasteiger partial charge in [-0.1, -0.05) is 20.8 Å². The fraction of sp³-hybridized carbons (Fsp3) is 0.667. The van der Waals surface area contributed by atoms with Gasteiger partial charge in [0.2, 0.25) is 0 Å². The second-order valence-electron chi connectivity index (χ2n) is 5.21. The number of aryl methyl sites for hydroxylation is 1. The minimum Gasteiger partial charge on any atom is -0.310 e. The van der Waals surface area contributed by atoms with Crippen molar-refractivity contribution in [2.45, 2.75) is 53.0 Å². The van der Waals surface area contributed by atoms with Gasteiger partial charge in [-0.05, 0) is 56.3 Å². The third-order valence-corrected chi connectivity index (χ3v) is 3.00. The molecule has 0 radical (unpaired) electrons. The van der Waals surface area contributed by atoms with E-state index in [-0.39, 0.29) is 0 Å². The van der Waals surface area contributed by atoms with Gasteiger partial charge in [-0.25, -0.2) is 0 Å². The van der Waals surface area contributed by atoms with E-state index >= 15 is 0 Å². The molecule has 0 amide bonds. The molecular formula is C15H26N2. The van der Waals surface area contributed by atoms with Crippen LogP contribution >= 0.6 is 0 Å². The lowest BCUT2D eigenvalue weighted by molar-refractivity contribution is 0.440. The van der Waals surface area contributed by atoms with Gasteiger partial charge in [0, 0.05) is 17.9 Å². The van der Waals surface area contributed by atoms with Crippen LogP contribution in [0.3, 0.4) is 0 Å². The lowest BCUT2D eigenvalue weighted by atomic mass is 9.97. The number of pyridine rings is 1. The molecule has 0 saturated heterocycles. The quantitative estimate of drug-likeness (QED) is 0.774. The first-order valence-electron chi connectivity index (χ1n) is 6.79. The van der Waals surface area contributed by atoms with E-state index in [1.54, 1.807) is 0 Å². The van der Waals surface area contributed by atoms with Gasteiger partial charge in [-0.3, -0.25) is 4.98 Å². The van der Waals surface area contributed by atoms with E-state index in [1.807, 2.05) is 6.20 Å². The highest BCUT2D eigenvalue weighted by atomic mass is 14.9. The van der Waals surface area contributed by atoms with Gasteiger partial charge in [0.15, 0.2) is 0 Å². The molecule has 0 bridgehead atoms. The van der Waals surface area contributed by atoms with E-state index in [4.69, 9.17) is 0 Å². The van der Waals surface area contributed by atoms with Gasteiger partial charge >= 0.3 is 0 Å². The molecule has 96 valence electrons. The van der Waals surface area contributed by atoms with Gasteiger partial charge in [0.05, 0.1) is 0 Å². The molecule has 0 aliphatic rings. The maximum atomic E-state index is 4.27. The fourth-order valence-corrected chi connectivity index (χ4v) is 1.99. The van der Waals surface area contributed by atoms with Crippen molar-refractivity contribution in [3.63, 3.8) is 0 Å². The Morgan fingerprint density at radius 3 is 2.65 bits per heavy atom. The van der Waals surface area contributed by atoms with Crippen LogP contribution in [0.4, 0.5) is 0 Å². The van der Waals surface area contributed by atoms with Crippen LogP contribution in [0.2, 0.25) is 0 Å². The molecule has 0 spiro atoms. The third kappa shape index (κ3) is 5.31. The number of aromatic nitrogens is 1. The summed E-state index contributed by atoms with van der Waals surface area (Å²) in [5.41, 5.74) is 2.49. The second-order valence-corrected chi connectivity index (χ2v) is 5.21. The summed E-state index contributed by atoms with van der Waals surface area (Å²) >= 11 is 0. The van der Waals surface area contributed by atoms with Crippen molar-refractivity contribution in [2.75, 3.05) is 6.54 Å². The van der Waals surface area contributed by atoms with Crippen LogP contribution < -0.4 is 5.32 Å². The predicted molar refractivity (Wildman–Crippen MR) is 74.1 cm³/mol. The molecule has 2 heteroatoms. The van der Waals surface area contributed by atoms with Crippen molar-refractivity contribution in [3.8, 4) is 0 Å². The summed E-state index contributed by atoms with van der Waals surface area (Å²) < 4.78 is 0. The summed E-state index contributed by atoms with van der Waals surface area (Å²) in [5, 5.41) is 3.64. The molecule has 0 fully saturated rings. The predicted octanol–water partition coefficient (Wildman–Crippen LogP) is 3.87. The van der Waals surface area contributed by atoms with E-state index < -0.39 is 0 Å². The SMILES string of the molecule is CCCNC(CCC(C)C)c1ccnc(C)c1. The Balaban J connectivity index is 2.67. The van der Waals surface area contributed by atoms with Crippen LogP contribution in [-0.2, 0) is 0 Å². The smallest absolute Gasteiger partial charge is 0.0375 e. The van der Waals surface area contributed by atoms with Crippen LogP contribution in [-0.4, -0.2) is 11.5 Å². The highest BCUT2D eigenvalue weighted by Gasteiger charge is 2.11. The van der Waals surface area contributed by atoms with Crippen molar-refractivity contribution < 1.29 is 0 Å². The number of hydrogen-bond donors (Lipinski definition) is 1. The topological polar surface area (TPSA) is 24.9 Å². The molecule has 1 unspecified atom stereocenters. The minimum atomic E-state index is 0.485. The van der Waals surface area contributed by atoms with Gasteiger partial charge < -0.3 is 5.32 Å². The highest BCUT2D eigenvalue weighted by molar-refractivity contribution is 5.19. The molecule has 0 aliphatic carbocycles.